The number of hydrogen-bond donors (Lipinski definition) is 1. The molecule has 0 unspecified atom stereocenters. The minimum Gasteiger partial charge on any atom is -0.496 e. The van der Waals surface area contributed by atoms with Crippen LogP contribution in [0.2, 0.25) is 0 Å². The van der Waals surface area contributed by atoms with Crippen molar-refractivity contribution in [1.29, 1.82) is 0 Å². The molecule has 1 heterocycles. The van der Waals surface area contributed by atoms with Crippen LogP contribution in [0.25, 0.3) is 11.1 Å². The first kappa shape index (κ1) is 13.5. The van der Waals surface area contributed by atoms with Crippen LogP contribution in [0.1, 0.15) is 34.4 Å². The van der Waals surface area contributed by atoms with Crippen LogP contribution < -0.4 is 10.5 Å². The van der Waals surface area contributed by atoms with E-state index in [9.17, 15) is 0 Å². The van der Waals surface area contributed by atoms with E-state index < -0.39 is 0 Å². The number of aryl methyl sites for hydroxylation is 3. The number of rotatable bonds is 2. The van der Waals surface area contributed by atoms with Gasteiger partial charge in [-0.2, -0.15) is 0 Å². The molecule has 3 heteroatoms. The minimum atomic E-state index is 0.953. The number of anilines is 1. The zero-order valence-corrected chi connectivity index (χ0v) is 13.2. The van der Waals surface area contributed by atoms with E-state index in [1.165, 1.54) is 58.4 Å². The molecule has 0 radical (unpaired) electrons. The molecule has 2 nitrogen and oxygen atoms in total. The van der Waals surface area contributed by atoms with Crippen molar-refractivity contribution in [3.8, 4) is 16.9 Å². The summed E-state index contributed by atoms with van der Waals surface area (Å²) in [6.45, 7) is 4.24. The highest BCUT2D eigenvalue weighted by Crippen LogP contribution is 2.44. The fourth-order valence-electron chi connectivity index (χ4n) is 3.16. The lowest BCUT2D eigenvalue weighted by Gasteiger charge is -2.16. The van der Waals surface area contributed by atoms with Crippen LogP contribution in [0.15, 0.2) is 12.1 Å². The molecule has 2 aromatic rings. The van der Waals surface area contributed by atoms with Gasteiger partial charge in [-0.05, 0) is 73.9 Å². The number of nitrogens with two attached hydrogens (primary N) is 1. The second kappa shape index (κ2) is 5.13. The molecule has 0 fully saturated rings. The minimum absolute atomic E-state index is 0.953. The third-order valence-corrected chi connectivity index (χ3v) is 5.33. The van der Waals surface area contributed by atoms with Crippen LogP contribution >= 0.6 is 11.3 Å². The molecule has 3 rings (SSSR count). The molecule has 0 spiro atoms. The number of methoxy groups -OCH3 is 1. The highest BCUT2D eigenvalue weighted by molar-refractivity contribution is 7.16. The van der Waals surface area contributed by atoms with Gasteiger partial charge in [0, 0.05) is 10.4 Å². The monoisotopic (exact) mass is 287 g/mol. The van der Waals surface area contributed by atoms with Crippen molar-refractivity contribution >= 4 is 16.3 Å². The molecule has 0 atom stereocenters. The molecule has 1 aromatic carbocycles. The fourth-order valence-corrected chi connectivity index (χ4v) is 4.34. The number of nitrogen functional groups attached to an aromatic ring is 1. The third kappa shape index (κ3) is 2.10. The van der Waals surface area contributed by atoms with Crippen LogP contribution in [0.5, 0.6) is 5.75 Å². The molecule has 1 aliphatic rings. The molecule has 20 heavy (non-hydrogen) atoms. The Kier molecular flexibility index (Phi) is 3.47. The van der Waals surface area contributed by atoms with Crippen molar-refractivity contribution in [2.75, 3.05) is 12.8 Å². The molecular formula is C17H21NOS. The maximum Gasteiger partial charge on any atom is 0.122 e. The van der Waals surface area contributed by atoms with E-state index in [-0.39, 0.29) is 0 Å². The molecular weight excluding hydrogens is 266 g/mol. The summed E-state index contributed by atoms with van der Waals surface area (Å²) in [6.07, 6.45) is 4.94. The lowest BCUT2D eigenvalue weighted by molar-refractivity contribution is 0.411. The molecule has 0 aliphatic heterocycles. The van der Waals surface area contributed by atoms with Gasteiger partial charge in [-0.25, -0.2) is 0 Å². The molecule has 106 valence electrons. The van der Waals surface area contributed by atoms with E-state index >= 15 is 0 Å². The van der Waals surface area contributed by atoms with Gasteiger partial charge in [0.1, 0.15) is 5.75 Å². The van der Waals surface area contributed by atoms with E-state index in [2.05, 4.69) is 26.0 Å². The average molecular weight is 287 g/mol. The summed E-state index contributed by atoms with van der Waals surface area (Å²) >= 11 is 1.78. The largest absolute Gasteiger partial charge is 0.496 e. The second-order valence-corrected chi connectivity index (χ2v) is 6.72. The summed E-state index contributed by atoms with van der Waals surface area (Å²) in [7, 11) is 1.72. The maximum atomic E-state index is 6.33. The van der Waals surface area contributed by atoms with Crippen LogP contribution in [0.4, 0.5) is 5.00 Å². The number of fused-ring (bicyclic) bond motifs is 1. The molecule has 0 saturated carbocycles. The van der Waals surface area contributed by atoms with Crippen molar-refractivity contribution in [3.63, 3.8) is 0 Å². The Morgan fingerprint density at radius 3 is 2.60 bits per heavy atom. The standard InChI is InChI=1S/C17H21NOS/c1-10-9-14(19-3)11(2)8-13(10)16-12-6-4-5-7-15(12)20-17(16)18/h8-9H,4-7,18H2,1-3H3. The first-order chi connectivity index (χ1) is 9.61. The zero-order valence-electron chi connectivity index (χ0n) is 12.4. The van der Waals surface area contributed by atoms with Crippen LogP contribution in [-0.4, -0.2) is 7.11 Å². The Balaban J connectivity index is 2.19. The Bertz CT molecular complexity index is 657. The van der Waals surface area contributed by atoms with Gasteiger partial charge in [-0.3, -0.25) is 0 Å². The topological polar surface area (TPSA) is 35.2 Å². The number of hydrogen-bond acceptors (Lipinski definition) is 3. The van der Waals surface area contributed by atoms with Gasteiger partial charge in [0.15, 0.2) is 0 Å². The molecule has 2 N–H and O–H groups in total. The fraction of sp³-hybridized carbons (Fsp3) is 0.412. The normalized spacial score (nSPS) is 14.2. The van der Waals surface area contributed by atoms with Gasteiger partial charge in [0.05, 0.1) is 12.1 Å². The number of thiophene rings is 1. The van der Waals surface area contributed by atoms with Crippen LogP contribution in [-0.2, 0) is 12.8 Å². The van der Waals surface area contributed by atoms with Crippen molar-refractivity contribution in [2.24, 2.45) is 0 Å². The number of ether oxygens (including phenoxy) is 1. The van der Waals surface area contributed by atoms with Crippen molar-refractivity contribution in [2.45, 2.75) is 39.5 Å². The lowest BCUT2D eigenvalue weighted by Crippen LogP contribution is -2.01. The Hall–Kier alpha value is -1.48. The quantitative estimate of drug-likeness (QED) is 0.882. The van der Waals surface area contributed by atoms with Gasteiger partial charge in [-0.1, -0.05) is 0 Å². The van der Waals surface area contributed by atoms with Gasteiger partial charge in [0.2, 0.25) is 0 Å². The molecule has 1 aliphatic carbocycles. The summed E-state index contributed by atoms with van der Waals surface area (Å²) < 4.78 is 5.41. The molecule has 1 aromatic heterocycles. The highest BCUT2D eigenvalue weighted by atomic mass is 32.1. The predicted molar refractivity (Wildman–Crippen MR) is 86.8 cm³/mol. The van der Waals surface area contributed by atoms with E-state index in [1.807, 2.05) is 0 Å². The maximum absolute atomic E-state index is 6.33. The summed E-state index contributed by atoms with van der Waals surface area (Å²) in [5, 5.41) is 0.976. The van der Waals surface area contributed by atoms with Gasteiger partial charge in [-0.15, -0.1) is 11.3 Å². The third-order valence-electron chi connectivity index (χ3n) is 4.21. The number of benzene rings is 1. The van der Waals surface area contributed by atoms with Crippen molar-refractivity contribution in [1.82, 2.24) is 0 Å². The van der Waals surface area contributed by atoms with Crippen molar-refractivity contribution in [3.05, 3.63) is 33.7 Å². The van der Waals surface area contributed by atoms with E-state index in [0.29, 0.717) is 0 Å². The second-order valence-electron chi connectivity index (χ2n) is 5.59. The molecule has 0 saturated heterocycles. The zero-order chi connectivity index (χ0) is 14.3. The van der Waals surface area contributed by atoms with E-state index in [1.54, 1.807) is 18.4 Å². The highest BCUT2D eigenvalue weighted by Gasteiger charge is 2.22. The average Bonchev–Trinajstić information content (AvgIpc) is 2.77. The first-order valence-electron chi connectivity index (χ1n) is 7.17. The van der Waals surface area contributed by atoms with E-state index in [4.69, 9.17) is 10.5 Å². The summed E-state index contributed by atoms with van der Waals surface area (Å²) in [5.74, 6) is 0.953. The van der Waals surface area contributed by atoms with Gasteiger partial charge in [0.25, 0.3) is 0 Å². The summed E-state index contributed by atoms with van der Waals surface area (Å²) in [6, 6.07) is 4.35. The molecule has 0 bridgehead atoms. The molecule has 0 amide bonds. The van der Waals surface area contributed by atoms with Gasteiger partial charge < -0.3 is 10.5 Å². The van der Waals surface area contributed by atoms with Crippen LogP contribution in [0, 0.1) is 13.8 Å². The van der Waals surface area contributed by atoms with Crippen LogP contribution in [0.3, 0.4) is 0 Å². The van der Waals surface area contributed by atoms with Crippen molar-refractivity contribution < 1.29 is 4.74 Å². The first-order valence-corrected chi connectivity index (χ1v) is 7.99. The van der Waals surface area contributed by atoms with Gasteiger partial charge >= 0.3 is 0 Å². The van der Waals surface area contributed by atoms with E-state index in [0.717, 1.165) is 10.8 Å². The predicted octanol–water partition coefficient (Wildman–Crippen LogP) is 4.50. The SMILES string of the molecule is COc1cc(C)c(-c2c(N)sc3c2CCCC3)cc1C. The summed E-state index contributed by atoms with van der Waals surface area (Å²) in [4.78, 5) is 1.50. The Morgan fingerprint density at radius 1 is 1.10 bits per heavy atom. The lowest BCUT2D eigenvalue weighted by atomic mass is 9.90. The Morgan fingerprint density at radius 2 is 1.85 bits per heavy atom. The Labute approximate surface area is 124 Å². The smallest absolute Gasteiger partial charge is 0.122 e. The summed E-state index contributed by atoms with van der Waals surface area (Å²) in [5.41, 5.74) is 12.8.